The van der Waals surface area contributed by atoms with E-state index in [9.17, 15) is 4.79 Å². The van der Waals surface area contributed by atoms with Crippen molar-refractivity contribution < 1.29 is 4.79 Å². The minimum Gasteiger partial charge on any atom is -0.398 e. The van der Waals surface area contributed by atoms with Gasteiger partial charge >= 0.3 is 6.03 Å². The summed E-state index contributed by atoms with van der Waals surface area (Å²) < 4.78 is 0. The number of likely N-dealkylation sites (tertiary alicyclic amines) is 1. The molecule has 2 aliphatic heterocycles. The Morgan fingerprint density at radius 1 is 1.31 bits per heavy atom. The molecule has 0 saturated carbocycles. The first-order valence-electron chi connectivity index (χ1n) is 10.0. The fourth-order valence-electron chi connectivity index (χ4n) is 5.32. The average Bonchev–Trinajstić information content (AvgIpc) is 2.97. The predicted octanol–water partition coefficient (Wildman–Crippen LogP) is 2.72. The Morgan fingerprint density at radius 3 is 2.81 bits per heavy atom. The number of amides is 2. The van der Waals surface area contributed by atoms with Crippen LogP contribution in [0.5, 0.6) is 0 Å². The molecule has 6 heteroatoms. The number of nitrogens with zero attached hydrogens (tertiary/aromatic N) is 3. The number of piperidine rings is 1. The minimum absolute atomic E-state index is 0.0197. The SMILES string of the molecule is CCN(CC)C(=O)NN1CC2C[C@@H]3[C@H](CCCN3C)c3c(N)ccc1c32. The molecule has 6 nitrogen and oxygen atoms in total. The first kappa shape index (κ1) is 17.5. The van der Waals surface area contributed by atoms with Crippen LogP contribution in [-0.4, -0.2) is 55.1 Å². The van der Waals surface area contributed by atoms with E-state index in [1.165, 1.54) is 30.5 Å². The van der Waals surface area contributed by atoms with Crippen LogP contribution >= 0.6 is 0 Å². The highest BCUT2D eigenvalue weighted by Gasteiger charge is 2.45. The molecule has 142 valence electrons. The number of nitrogen functional groups attached to an aromatic ring is 1. The van der Waals surface area contributed by atoms with Gasteiger partial charge in [0.05, 0.1) is 5.69 Å². The smallest absolute Gasteiger partial charge is 0.336 e. The summed E-state index contributed by atoms with van der Waals surface area (Å²) in [6, 6.07) is 4.67. The first-order chi connectivity index (χ1) is 12.5. The summed E-state index contributed by atoms with van der Waals surface area (Å²) in [5, 5.41) is 2.06. The van der Waals surface area contributed by atoms with Gasteiger partial charge in [-0.25, -0.2) is 10.2 Å². The lowest BCUT2D eigenvalue weighted by Crippen LogP contribution is -2.49. The Bertz CT molecular complexity index is 702. The van der Waals surface area contributed by atoms with Crippen LogP contribution in [0.1, 0.15) is 56.1 Å². The number of anilines is 2. The molecule has 1 aromatic rings. The van der Waals surface area contributed by atoms with E-state index in [4.69, 9.17) is 5.73 Å². The highest BCUT2D eigenvalue weighted by molar-refractivity contribution is 5.79. The molecule has 3 N–H and O–H groups in total. The van der Waals surface area contributed by atoms with Gasteiger partial charge in [-0.3, -0.25) is 5.01 Å². The van der Waals surface area contributed by atoms with E-state index in [2.05, 4.69) is 28.4 Å². The number of benzene rings is 1. The van der Waals surface area contributed by atoms with Crippen molar-refractivity contribution in [1.29, 1.82) is 0 Å². The van der Waals surface area contributed by atoms with Gasteiger partial charge in [0.15, 0.2) is 0 Å². The molecule has 26 heavy (non-hydrogen) atoms. The number of fused-ring (bicyclic) bond motifs is 2. The molecule has 1 unspecified atom stereocenters. The molecule has 1 saturated heterocycles. The number of nitrogens with two attached hydrogens (primary N) is 1. The average molecular weight is 358 g/mol. The number of likely N-dealkylation sites (N-methyl/N-ethyl adjacent to an activating group) is 1. The van der Waals surface area contributed by atoms with Gasteiger partial charge in [-0.05, 0) is 70.0 Å². The predicted molar refractivity (Wildman–Crippen MR) is 105 cm³/mol. The standard InChI is InChI=1S/C20H31N5O/c1-4-24(5-2)20(26)22-25-12-13-11-17-14(7-6-10-23(17)3)19-15(21)8-9-16(25)18(13)19/h8-9,13-14,17H,4-7,10-12,21H2,1-3H3,(H,22,26)/t13?,14-,17+/m0/s1. The number of urea groups is 1. The maximum Gasteiger partial charge on any atom is 0.336 e. The lowest BCUT2D eigenvalue weighted by atomic mass is 9.70. The van der Waals surface area contributed by atoms with Gasteiger partial charge in [0.2, 0.25) is 0 Å². The van der Waals surface area contributed by atoms with Crippen molar-refractivity contribution >= 4 is 17.4 Å². The molecule has 0 spiro atoms. The topological polar surface area (TPSA) is 64.8 Å². The summed E-state index contributed by atoms with van der Waals surface area (Å²) >= 11 is 0. The van der Waals surface area contributed by atoms with Crippen LogP contribution in [0.15, 0.2) is 12.1 Å². The molecular weight excluding hydrogens is 326 g/mol. The summed E-state index contributed by atoms with van der Waals surface area (Å²) in [4.78, 5) is 16.9. The van der Waals surface area contributed by atoms with E-state index in [1.54, 1.807) is 0 Å². The van der Waals surface area contributed by atoms with Crippen molar-refractivity contribution in [2.45, 2.75) is 51.0 Å². The third kappa shape index (κ3) is 2.62. The van der Waals surface area contributed by atoms with Crippen LogP contribution in [0.25, 0.3) is 0 Å². The Labute approximate surface area is 156 Å². The van der Waals surface area contributed by atoms with E-state index >= 15 is 0 Å². The molecular formula is C20H31N5O. The van der Waals surface area contributed by atoms with Crippen LogP contribution in [0.4, 0.5) is 16.2 Å². The highest BCUT2D eigenvalue weighted by atomic mass is 16.2. The molecule has 1 aliphatic carbocycles. The van der Waals surface area contributed by atoms with Crippen molar-refractivity contribution in [3.63, 3.8) is 0 Å². The minimum atomic E-state index is -0.0197. The number of carbonyl (C=O) groups excluding carboxylic acids is 1. The van der Waals surface area contributed by atoms with Crippen LogP contribution in [0.3, 0.4) is 0 Å². The summed E-state index contributed by atoms with van der Waals surface area (Å²) in [7, 11) is 2.25. The number of nitrogens with one attached hydrogen (secondary N) is 1. The van der Waals surface area contributed by atoms with E-state index < -0.39 is 0 Å². The van der Waals surface area contributed by atoms with Crippen LogP contribution < -0.4 is 16.2 Å². The summed E-state index contributed by atoms with van der Waals surface area (Å²) in [5.41, 5.74) is 14.4. The van der Waals surface area contributed by atoms with Gasteiger partial charge in [0, 0.05) is 43.2 Å². The fourth-order valence-corrected chi connectivity index (χ4v) is 5.32. The van der Waals surface area contributed by atoms with Crippen molar-refractivity contribution in [3.05, 3.63) is 23.3 Å². The Kier molecular flexibility index (Phi) is 4.47. The van der Waals surface area contributed by atoms with Crippen LogP contribution in [0, 0.1) is 0 Å². The van der Waals surface area contributed by atoms with Crippen LogP contribution in [-0.2, 0) is 0 Å². The van der Waals surface area contributed by atoms with Gasteiger partial charge in [0.25, 0.3) is 0 Å². The van der Waals surface area contributed by atoms with E-state index in [1.807, 2.05) is 24.8 Å². The second kappa shape index (κ2) is 6.65. The molecule has 2 heterocycles. The highest BCUT2D eigenvalue weighted by Crippen LogP contribution is 2.53. The molecule has 0 aromatic heterocycles. The Hall–Kier alpha value is -1.95. The van der Waals surface area contributed by atoms with Crippen LogP contribution in [0.2, 0.25) is 0 Å². The zero-order valence-corrected chi connectivity index (χ0v) is 16.2. The van der Waals surface area contributed by atoms with Gasteiger partial charge in [0.1, 0.15) is 0 Å². The van der Waals surface area contributed by atoms with Crippen molar-refractivity contribution in [3.8, 4) is 0 Å². The third-order valence-corrected chi connectivity index (χ3v) is 6.63. The Balaban J connectivity index is 1.67. The van der Waals surface area contributed by atoms with Gasteiger partial charge < -0.3 is 15.5 Å². The molecule has 3 aliphatic rings. The van der Waals surface area contributed by atoms with Crippen molar-refractivity contribution in [2.75, 3.05) is 44.0 Å². The number of hydrogen-bond donors (Lipinski definition) is 2. The second-order valence-electron chi connectivity index (χ2n) is 7.93. The lowest BCUT2D eigenvalue weighted by molar-refractivity contribution is 0.136. The molecule has 3 atom stereocenters. The number of carbonyl (C=O) groups is 1. The molecule has 0 radical (unpaired) electrons. The summed E-state index contributed by atoms with van der Waals surface area (Å²) in [6.07, 6.45) is 3.60. The maximum absolute atomic E-state index is 12.6. The monoisotopic (exact) mass is 357 g/mol. The largest absolute Gasteiger partial charge is 0.398 e. The fraction of sp³-hybridized carbons (Fsp3) is 0.650. The molecule has 1 aromatic carbocycles. The number of hydrazine groups is 1. The summed E-state index contributed by atoms with van der Waals surface area (Å²) in [5.74, 6) is 0.973. The van der Waals surface area contributed by atoms with E-state index in [-0.39, 0.29) is 6.03 Å². The lowest BCUT2D eigenvalue weighted by Gasteiger charge is -2.45. The second-order valence-corrected chi connectivity index (χ2v) is 7.93. The molecule has 1 fully saturated rings. The molecule has 0 bridgehead atoms. The zero-order valence-electron chi connectivity index (χ0n) is 16.2. The summed E-state index contributed by atoms with van der Waals surface area (Å²) in [6.45, 7) is 7.47. The number of hydrogen-bond acceptors (Lipinski definition) is 4. The third-order valence-electron chi connectivity index (χ3n) is 6.63. The van der Waals surface area contributed by atoms with E-state index in [0.717, 1.165) is 24.3 Å². The van der Waals surface area contributed by atoms with Crippen molar-refractivity contribution in [2.24, 2.45) is 0 Å². The number of rotatable bonds is 3. The maximum atomic E-state index is 12.6. The van der Waals surface area contributed by atoms with Gasteiger partial charge in [-0.1, -0.05) is 0 Å². The van der Waals surface area contributed by atoms with Gasteiger partial charge in [-0.15, -0.1) is 0 Å². The normalized spacial score (nSPS) is 27.0. The zero-order chi connectivity index (χ0) is 18.4. The van der Waals surface area contributed by atoms with Gasteiger partial charge in [-0.2, -0.15) is 0 Å². The van der Waals surface area contributed by atoms with E-state index in [0.29, 0.717) is 31.0 Å². The quantitative estimate of drug-likeness (QED) is 0.817. The first-order valence-corrected chi connectivity index (χ1v) is 10.0. The Morgan fingerprint density at radius 2 is 2.08 bits per heavy atom. The van der Waals surface area contributed by atoms with Crippen molar-refractivity contribution in [1.82, 2.24) is 15.2 Å². The molecule has 2 amide bonds. The molecule has 4 rings (SSSR count).